The number of nitrogens with zero attached hydrogens (tertiary/aromatic N) is 2. The van der Waals surface area contributed by atoms with Crippen LogP contribution < -0.4 is 10.3 Å². The number of carbonyl (C=O) groups excluding carboxylic acids is 1. The van der Waals surface area contributed by atoms with Crippen LogP contribution in [0.3, 0.4) is 0 Å². The summed E-state index contributed by atoms with van der Waals surface area (Å²) in [7, 11) is 0. The second-order valence-electron chi connectivity index (χ2n) is 8.18. The van der Waals surface area contributed by atoms with Crippen LogP contribution in [0, 0.1) is 5.92 Å². The Labute approximate surface area is 191 Å². The number of hydrogen-bond donors (Lipinski definition) is 3. The largest absolute Gasteiger partial charge is 0.508 e. The number of amides is 1. The normalized spacial score (nSPS) is 25.9. The molecule has 1 fully saturated rings. The Kier molecular flexibility index (Phi) is 6.42. The predicted molar refractivity (Wildman–Crippen MR) is 123 cm³/mol. The molecule has 2 aromatic rings. The van der Waals surface area contributed by atoms with Crippen LogP contribution in [-0.2, 0) is 4.79 Å². The molecule has 0 saturated heterocycles. The van der Waals surface area contributed by atoms with Crippen molar-refractivity contribution >= 4 is 40.5 Å². The molecule has 0 aromatic heterocycles. The van der Waals surface area contributed by atoms with Crippen molar-refractivity contribution in [3.8, 4) is 5.75 Å². The van der Waals surface area contributed by atoms with Crippen molar-refractivity contribution < 1.29 is 15.0 Å². The molecule has 1 amide bonds. The molecule has 1 aliphatic carbocycles. The average Bonchev–Trinajstić information content (AvgIpc) is 3.07. The molecule has 4 atom stereocenters. The fraction of sp³-hybridized carbons (Fsp3) is 0.391. The Hall–Kier alpha value is -2.28. The van der Waals surface area contributed by atoms with E-state index in [1.807, 2.05) is 19.1 Å². The van der Waals surface area contributed by atoms with Crippen LogP contribution in [0.5, 0.6) is 5.75 Å². The maximum absolute atomic E-state index is 13.1. The van der Waals surface area contributed by atoms with Crippen LogP contribution in [0.4, 0.5) is 5.69 Å². The van der Waals surface area contributed by atoms with E-state index < -0.39 is 6.10 Å². The first-order valence-corrected chi connectivity index (χ1v) is 11.2. The van der Waals surface area contributed by atoms with Gasteiger partial charge in [-0.2, -0.15) is 5.10 Å². The summed E-state index contributed by atoms with van der Waals surface area (Å²) in [5, 5.41) is 30.3. The van der Waals surface area contributed by atoms with Crippen LogP contribution >= 0.6 is 23.2 Å². The number of aromatic hydroxyl groups is 1. The summed E-state index contributed by atoms with van der Waals surface area (Å²) in [6.45, 7) is 1.94. The molecule has 3 N–H and O–H groups in total. The highest BCUT2D eigenvalue weighted by atomic mass is 35.5. The highest BCUT2D eigenvalue weighted by Gasteiger charge is 2.41. The standard InChI is InChI=1S/C23H25Cl2N3O3/c1-13-21(23(31)26-18-4-2-3-5-20(18)30)27-28(19-11-8-15(24)12-17(19)25)22(13)14-6-9-16(29)10-7-14/h6-13,18,20,22,29-30H,2-5H2,1H3,(H,26,31)/t13-,18+,20+,22+/m1/s1. The Morgan fingerprint density at radius 3 is 2.52 bits per heavy atom. The number of hydrogen-bond acceptors (Lipinski definition) is 5. The molecule has 6 nitrogen and oxygen atoms in total. The average molecular weight is 462 g/mol. The van der Waals surface area contributed by atoms with Gasteiger partial charge >= 0.3 is 0 Å². The maximum Gasteiger partial charge on any atom is 0.268 e. The number of aliphatic hydroxyl groups excluding tert-OH is 1. The lowest BCUT2D eigenvalue weighted by Gasteiger charge is -2.29. The third-order valence-corrected chi connectivity index (χ3v) is 6.59. The number of benzene rings is 2. The van der Waals surface area contributed by atoms with E-state index in [1.165, 1.54) is 0 Å². The van der Waals surface area contributed by atoms with Crippen LogP contribution in [0.1, 0.15) is 44.2 Å². The van der Waals surface area contributed by atoms with Crippen molar-refractivity contribution in [2.45, 2.75) is 50.8 Å². The summed E-state index contributed by atoms with van der Waals surface area (Å²) in [5.41, 5.74) is 1.90. The Morgan fingerprint density at radius 2 is 1.84 bits per heavy atom. The van der Waals surface area contributed by atoms with Crippen molar-refractivity contribution in [2.24, 2.45) is 11.0 Å². The van der Waals surface area contributed by atoms with Gasteiger partial charge < -0.3 is 15.5 Å². The minimum Gasteiger partial charge on any atom is -0.508 e. The molecular formula is C23H25Cl2N3O3. The molecule has 2 aliphatic rings. The second-order valence-corrected chi connectivity index (χ2v) is 9.03. The van der Waals surface area contributed by atoms with Gasteiger partial charge in [-0.25, -0.2) is 0 Å². The van der Waals surface area contributed by atoms with Gasteiger partial charge in [0.05, 0.1) is 28.9 Å². The van der Waals surface area contributed by atoms with E-state index in [-0.39, 0.29) is 29.7 Å². The van der Waals surface area contributed by atoms with Crippen molar-refractivity contribution in [2.75, 3.05) is 5.01 Å². The summed E-state index contributed by atoms with van der Waals surface area (Å²) in [5.74, 6) is -0.373. The van der Waals surface area contributed by atoms with Gasteiger partial charge in [0.1, 0.15) is 11.5 Å². The first-order chi connectivity index (χ1) is 14.8. The van der Waals surface area contributed by atoms with E-state index in [4.69, 9.17) is 23.2 Å². The van der Waals surface area contributed by atoms with E-state index in [2.05, 4.69) is 10.4 Å². The van der Waals surface area contributed by atoms with E-state index in [0.717, 1.165) is 24.8 Å². The number of carbonyl (C=O) groups is 1. The number of phenols is 1. The number of phenolic OH excluding ortho intramolecular Hbond substituents is 1. The number of anilines is 1. The first kappa shape index (κ1) is 21.9. The lowest BCUT2D eigenvalue weighted by molar-refractivity contribution is -0.116. The fourth-order valence-corrected chi connectivity index (χ4v) is 4.87. The zero-order chi connectivity index (χ0) is 22.1. The van der Waals surface area contributed by atoms with Gasteiger partial charge in [0.25, 0.3) is 5.91 Å². The van der Waals surface area contributed by atoms with Crippen molar-refractivity contribution in [1.29, 1.82) is 0 Å². The quantitative estimate of drug-likeness (QED) is 0.617. The van der Waals surface area contributed by atoms with Gasteiger partial charge in [0.15, 0.2) is 0 Å². The number of aliphatic hydroxyl groups is 1. The molecule has 0 unspecified atom stereocenters. The molecule has 0 spiro atoms. The smallest absolute Gasteiger partial charge is 0.268 e. The van der Waals surface area contributed by atoms with Crippen LogP contribution in [0.15, 0.2) is 47.6 Å². The third-order valence-electron chi connectivity index (χ3n) is 6.05. The maximum atomic E-state index is 13.1. The fourth-order valence-electron chi connectivity index (χ4n) is 4.38. The Balaban J connectivity index is 1.68. The van der Waals surface area contributed by atoms with Gasteiger partial charge in [-0.1, -0.05) is 55.1 Å². The predicted octanol–water partition coefficient (Wildman–Crippen LogP) is 4.67. The van der Waals surface area contributed by atoms with E-state index in [0.29, 0.717) is 27.9 Å². The van der Waals surface area contributed by atoms with Crippen molar-refractivity contribution in [3.63, 3.8) is 0 Å². The molecule has 0 bridgehead atoms. The van der Waals surface area contributed by atoms with Gasteiger partial charge in [-0.05, 0) is 48.7 Å². The topological polar surface area (TPSA) is 85.2 Å². The molecule has 8 heteroatoms. The monoisotopic (exact) mass is 461 g/mol. The van der Waals surface area contributed by atoms with Crippen molar-refractivity contribution in [3.05, 3.63) is 58.1 Å². The second kappa shape index (κ2) is 9.07. The Bertz CT molecular complexity index is 996. The number of halogens is 2. The van der Waals surface area contributed by atoms with E-state index >= 15 is 0 Å². The van der Waals surface area contributed by atoms with Gasteiger partial charge in [-0.3, -0.25) is 9.80 Å². The van der Waals surface area contributed by atoms with Crippen LogP contribution in [0.25, 0.3) is 0 Å². The van der Waals surface area contributed by atoms with Crippen LogP contribution in [0.2, 0.25) is 10.0 Å². The SMILES string of the molecule is C[C@@H]1C(C(=O)N[C@H]2CCCC[C@@H]2O)=NN(c2ccc(Cl)cc2Cl)[C@@H]1c1ccc(O)cc1. The zero-order valence-electron chi connectivity index (χ0n) is 17.1. The Morgan fingerprint density at radius 1 is 1.13 bits per heavy atom. The van der Waals surface area contributed by atoms with Crippen molar-refractivity contribution in [1.82, 2.24) is 5.32 Å². The number of nitrogens with one attached hydrogen (secondary N) is 1. The van der Waals surface area contributed by atoms with Gasteiger partial charge in [0, 0.05) is 10.9 Å². The summed E-state index contributed by atoms with van der Waals surface area (Å²) < 4.78 is 0. The molecular weight excluding hydrogens is 437 g/mol. The molecule has 2 aromatic carbocycles. The summed E-state index contributed by atoms with van der Waals surface area (Å²) in [4.78, 5) is 13.1. The molecule has 31 heavy (non-hydrogen) atoms. The number of rotatable bonds is 4. The highest BCUT2D eigenvalue weighted by Crippen LogP contribution is 2.42. The van der Waals surface area contributed by atoms with Gasteiger partial charge in [-0.15, -0.1) is 0 Å². The lowest BCUT2D eigenvalue weighted by Crippen LogP contribution is -2.48. The molecule has 0 radical (unpaired) electrons. The summed E-state index contributed by atoms with van der Waals surface area (Å²) in [6, 6.07) is 11.4. The third kappa shape index (κ3) is 4.52. The molecule has 1 saturated carbocycles. The molecule has 1 aliphatic heterocycles. The van der Waals surface area contributed by atoms with Gasteiger partial charge in [0.2, 0.25) is 0 Å². The minimum absolute atomic E-state index is 0.163. The molecule has 1 heterocycles. The number of hydrazone groups is 1. The van der Waals surface area contributed by atoms with E-state index in [1.54, 1.807) is 35.3 Å². The molecule has 4 rings (SSSR count). The van der Waals surface area contributed by atoms with Crippen LogP contribution in [-0.4, -0.2) is 34.0 Å². The zero-order valence-corrected chi connectivity index (χ0v) is 18.6. The summed E-state index contributed by atoms with van der Waals surface area (Å²) in [6.07, 6.45) is 2.85. The summed E-state index contributed by atoms with van der Waals surface area (Å²) >= 11 is 12.5. The first-order valence-electron chi connectivity index (χ1n) is 10.5. The van der Waals surface area contributed by atoms with E-state index in [9.17, 15) is 15.0 Å². The lowest BCUT2D eigenvalue weighted by atomic mass is 9.89. The molecule has 164 valence electrons. The minimum atomic E-state index is -0.537. The highest BCUT2D eigenvalue weighted by molar-refractivity contribution is 6.41.